The molecule has 1 aromatic heterocycles. The van der Waals surface area contributed by atoms with E-state index in [1.165, 1.54) is 24.4 Å². The molecule has 0 amide bonds. The van der Waals surface area contributed by atoms with Crippen molar-refractivity contribution >= 4 is 27.6 Å². The fourth-order valence-electron chi connectivity index (χ4n) is 1.33. The zero-order valence-electron chi connectivity index (χ0n) is 9.69. The molecule has 9 heteroatoms. The summed E-state index contributed by atoms with van der Waals surface area (Å²) >= 11 is 3.12. The molecule has 0 spiro atoms. The van der Waals surface area contributed by atoms with E-state index < -0.39 is 10.9 Å². The first-order valence-corrected chi connectivity index (χ1v) is 5.93. The van der Waals surface area contributed by atoms with Gasteiger partial charge in [-0.25, -0.2) is 9.78 Å². The van der Waals surface area contributed by atoms with E-state index in [9.17, 15) is 14.9 Å². The van der Waals surface area contributed by atoms with Crippen LogP contribution in [0.3, 0.4) is 0 Å². The third-order valence-electron chi connectivity index (χ3n) is 2.12. The molecule has 0 atom stereocenters. The maximum atomic E-state index is 10.7. The molecule has 0 aliphatic rings. The normalized spacial score (nSPS) is 10.1. The number of hydrogen-bond acceptors (Lipinski definition) is 6. The maximum absolute atomic E-state index is 10.7. The molecule has 1 heterocycles. The Morgan fingerprint density at radius 2 is 2.10 bits per heavy atom. The number of carboxylic acid groups (broad SMARTS) is 1. The lowest BCUT2D eigenvalue weighted by atomic mass is 10.3. The number of benzene rings is 1. The lowest BCUT2D eigenvalue weighted by Crippen LogP contribution is -2.02. The summed E-state index contributed by atoms with van der Waals surface area (Å²) in [5.74, 6) is -1.18. The minimum atomic E-state index is -1.25. The van der Waals surface area contributed by atoms with Gasteiger partial charge in [-0.05, 0) is 6.07 Å². The summed E-state index contributed by atoms with van der Waals surface area (Å²) in [6.45, 7) is 0. The summed E-state index contributed by atoms with van der Waals surface area (Å²) in [5.41, 5.74) is -0.455. The summed E-state index contributed by atoms with van der Waals surface area (Å²) < 4.78 is 5.72. The van der Waals surface area contributed by atoms with Crippen LogP contribution in [-0.4, -0.2) is 26.0 Å². The van der Waals surface area contributed by atoms with Crippen LogP contribution in [0.4, 0.5) is 5.69 Å². The van der Waals surface area contributed by atoms with E-state index in [-0.39, 0.29) is 23.0 Å². The van der Waals surface area contributed by atoms with Gasteiger partial charge in [-0.3, -0.25) is 15.1 Å². The zero-order valence-corrected chi connectivity index (χ0v) is 11.3. The van der Waals surface area contributed by atoms with Crippen LogP contribution in [0.15, 0.2) is 35.1 Å². The number of aromatic carboxylic acids is 1. The average Bonchev–Trinajstić information content (AvgIpc) is 2.38. The lowest BCUT2D eigenvalue weighted by molar-refractivity contribution is -0.385. The Labute approximate surface area is 120 Å². The number of nitrogens with zero attached hydrogens (tertiary/aromatic N) is 3. The number of aromatic nitrogens is 2. The van der Waals surface area contributed by atoms with Gasteiger partial charge in [-0.15, -0.1) is 0 Å². The predicted molar refractivity (Wildman–Crippen MR) is 69.9 cm³/mol. The molecule has 0 fully saturated rings. The fourth-order valence-corrected chi connectivity index (χ4v) is 1.79. The van der Waals surface area contributed by atoms with Crippen LogP contribution in [0, 0.1) is 10.1 Å². The van der Waals surface area contributed by atoms with Gasteiger partial charge in [0.15, 0.2) is 5.69 Å². The highest BCUT2D eigenvalue weighted by molar-refractivity contribution is 9.10. The fraction of sp³-hybridized carbons (Fsp3) is 0. The van der Waals surface area contributed by atoms with E-state index in [0.29, 0.717) is 4.47 Å². The predicted octanol–water partition coefficient (Wildman–Crippen LogP) is 2.64. The standard InChI is InChI=1S/C11H6BrN3O5/c12-6-1-7(15(18)19)3-8(2-6)20-10-5-13-4-9(14-10)11(16)17/h1-5H,(H,16,17). The van der Waals surface area contributed by atoms with Crippen molar-refractivity contribution in [1.29, 1.82) is 0 Å². The minimum Gasteiger partial charge on any atom is -0.476 e. The molecule has 20 heavy (non-hydrogen) atoms. The molecule has 0 aliphatic carbocycles. The van der Waals surface area contributed by atoms with Gasteiger partial charge < -0.3 is 9.84 Å². The molecule has 102 valence electrons. The molecule has 0 aliphatic heterocycles. The van der Waals surface area contributed by atoms with Crippen LogP contribution in [-0.2, 0) is 0 Å². The highest BCUT2D eigenvalue weighted by Crippen LogP contribution is 2.28. The second-order valence-corrected chi connectivity index (χ2v) is 4.47. The molecular weight excluding hydrogens is 334 g/mol. The second-order valence-electron chi connectivity index (χ2n) is 3.55. The summed E-state index contributed by atoms with van der Waals surface area (Å²) in [6.07, 6.45) is 2.28. The molecular formula is C11H6BrN3O5. The monoisotopic (exact) mass is 339 g/mol. The Balaban J connectivity index is 2.32. The number of rotatable bonds is 4. The highest BCUT2D eigenvalue weighted by Gasteiger charge is 2.12. The topological polar surface area (TPSA) is 115 Å². The number of nitro benzene ring substituents is 1. The quantitative estimate of drug-likeness (QED) is 0.672. The van der Waals surface area contributed by atoms with Gasteiger partial charge in [-0.1, -0.05) is 15.9 Å². The van der Waals surface area contributed by atoms with E-state index in [1.54, 1.807) is 0 Å². The largest absolute Gasteiger partial charge is 0.476 e. The highest BCUT2D eigenvalue weighted by atomic mass is 79.9. The zero-order chi connectivity index (χ0) is 14.7. The van der Waals surface area contributed by atoms with Gasteiger partial charge in [0, 0.05) is 10.5 Å². The summed E-state index contributed by atoms with van der Waals surface area (Å²) in [5, 5.41) is 19.5. The Morgan fingerprint density at radius 3 is 2.75 bits per heavy atom. The number of hydrogen-bond donors (Lipinski definition) is 1. The van der Waals surface area contributed by atoms with E-state index in [1.807, 2.05) is 0 Å². The van der Waals surface area contributed by atoms with E-state index in [0.717, 1.165) is 6.20 Å². The van der Waals surface area contributed by atoms with Crippen molar-refractivity contribution < 1.29 is 19.6 Å². The Hall–Kier alpha value is -2.55. The molecule has 0 radical (unpaired) electrons. The van der Waals surface area contributed by atoms with E-state index in [2.05, 4.69) is 25.9 Å². The van der Waals surface area contributed by atoms with E-state index in [4.69, 9.17) is 9.84 Å². The number of non-ortho nitro benzene ring substituents is 1. The molecule has 1 N–H and O–H groups in total. The number of carbonyl (C=O) groups is 1. The summed E-state index contributed by atoms with van der Waals surface area (Å²) in [4.78, 5) is 28.3. The molecule has 0 saturated carbocycles. The second kappa shape index (κ2) is 5.61. The van der Waals surface area contributed by atoms with Crippen LogP contribution in [0.2, 0.25) is 0 Å². The van der Waals surface area contributed by atoms with Crippen molar-refractivity contribution in [3.05, 3.63) is 50.9 Å². The SMILES string of the molecule is O=C(O)c1cncc(Oc2cc(Br)cc([N+](=O)[O-])c2)n1. The van der Waals surface area contributed by atoms with E-state index >= 15 is 0 Å². The number of ether oxygens (including phenoxy) is 1. The van der Waals surface area contributed by atoms with Gasteiger partial charge in [-0.2, -0.15) is 0 Å². The Kier molecular flexibility index (Phi) is 3.89. The van der Waals surface area contributed by atoms with Gasteiger partial charge in [0.2, 0.25) is 5.88 Å². The van der Waals surface area contributed by atoms with Crippen LogP contribution < -0.4 is 4.74 Å². The van der Waals surface area contributed by atoms with Crippen molar-refractivity contribution in [3.8, 4) is 11.6 Å². The lowest BCUT2D eigenvalue weighted by Gasteiger charge is -2.05. The molecule has 0 unspecified atom stereocenters. The molecule has 2 rings (SSSR count). The molecule has 0 bridgehead atoms. The third-order valence-corrected chi connectivity index (χ3v) is 2.58. The van der Waals surface area contributed by atoms with Crippen LogP contribution >= 0.6 is 15.9 Å². The first-order valence-electron chi connectivity index (χ1n) is 5.14. The van der Waals surface area contributed by atoms with Gasteiger partial charge in [0.25, 0.3) is 5.69 Å². The van der Waals surface area contributed by atoms with Crippen molar-refractivity contribution in [2.45, 2.75) is 0 Å². The Morgan fingerprint density at radius 1 is 1.35 bits per heavy atom. The van der Waals surface area contributed by atoms with Crippen LogP contribution in [0.25, 0.3) is 0 Å². The molecule has 0 saturated heterocycles. The molecule has 1 aromatic carbocycles. The first-order chi connectivity index (χ1) is 9.45. The van der Waals surface area contributed by atoms with Gasteiger partial charge in [0.1, 0.15) is 5.75 Å². The van der Waals surface area contributed by atoms with Crippen molar-refractivity contribution in [2.75, 3.05) is 0 Å². The van der Waals surface area contributed by atoms with Crippen LogP contribution in [0.1, 0.15) is 10.5 Å². The van der Waals surface area contributed by atoms with Gasteiger partial charge in [0.05, 0.1) is 23.4 Å². The number of halogens is 1. The molecule has 8 nitrogen and oxygen atoms in total. The third kappa shape index (κ3) is 3.26. The Bertz CT molecular complexity index is 692. The summed E-state index contributed by atoms with van der Waals surface area (Å²) in [7, 11) is 0. The minimum absolute atomic E-state index is 0.0719. The first kappa shape index (κ1) is 13.9. The van der Waals surface area contributed by atoms with Crippen molar-refractivity contribution in [1.82, 2.24) is 9.97 Å². The van der Waals surface area contributed by atoms with Gasteiger partial charge >= 0.3 is 5.97 Å². The number of nitro groups is 1. The smallest absolute Gasteiger partial charge is 0.356 e. The van der Waals surface area contributed by atoms with Crippen LogP contribution in [0.5, 0.6) is 11.6 Å². The number of carboxylic acids is 1. The average molecular weight is 340 g/mol. The van der Waals surface area contributed by atoms with Crippen molar-refractivity contribution in [3.63, 3.8) is 0 Å². The maximum Gasteiger partial charge on any atom is 0.356 e. The molecule has 2 aromatic rings. The van der Waals surface area contributed by atoms with Crippen molar-refractivity contribution in [2.24, 2.45) is 0 Å². The summed E-state index contributed by atoms with van der Waals surface area (Å²) in [6, 6.07) is 3.99.